The molecule has 132 valence electrons. The molecule has 0 amide bonds. The van der Waals surface area contributed by atoms with Gasteiger partial charge in [-0.05, 0) is 46.9 Å². The Labute approximate surface area is 159 Å². The van der Waals surface area contributed by atoms with Crippen molar-refractivity contribution in [2.24, 2.45) is 0 Å². The van der Waals surface area contributed by atoms with E-state index in [4.69, 9.17) is 19.3 Å². The molecule has 0 saturated heterocycles. The van der Waals surface area contributed by atoms with Gasteiger partial charge < -0.3 is 23.7 Å². The Morgan fingerprint density at radius 2 is 2.00 bits per heavy atom. The lowest BCUT2D eigenvalue weighted by Crippen LogP contribution is -2.09. The van der Waals surface area contributed by atoms with Gasteiger partial charge in [-0.2, -0.15) is 0 Å². The van der Waals surface area contributed by atoms with Crippen LogP contribution in [0.2, 0.25) is 0 Å². The first-order valence-electron chi connectivity index (χ1n) is 7.85. The van der Waals surface area contributed by atoms with Gasteiger partial charge in [-0.25, -0.2) is 4.98 Å². The first kappa shape index (κ1) is 18.0. The third kappa shape index (κ3) is 4.42. The second-order valence-electron chi connectivity index (χ2n) is 5.29. The molecule has 3 aromatic rings. The number of fused-ring (bicyclic) bond motifs is 1. The third-order valence-electron chi connectivity index (χ3n) is 3.60. The maximum absolute atomic E-state index is 8.67. The standard InChI is InChI=1S/C18H19IN2O4/c1-23-17-10-14(25-9-8-24-7-6-22)3-4-15(17)16-12-21-11-13(19)2-5-18(21)20-16/h2-5,10-12,22H,6-9H2,1H3. The van der Waals surface area contributed by atoms with Gasteiger partial charge in [0.15, 0.2) is 0 Å². The van der Waals surface area contributed by atoms with Gasteiger partial charge in [-0.1, -0.05) is 0 Å². The van der Waals surface area contributed by atoms with Crippen molar-refractivity contribution >= 4 is 28.2 Å². The van der Waals surface area contributed by atoms with Crippen molar-refractivity contribution < 1.29 is 19.3 Å². The van der Waals surface area contributed by atoms with Gasteiger partial charge in [0.25, 0.3) is 0 Å². The number of methoxy groups -OCH3 is 1. The van der Waals surface area contributed by atoms with E-state index in [1.165, 1.54) is 0 Å². The summed E-state index contributed by atoms with van der Waals surface area (Å²) < 4.78 is 19.5. The van der Waals surface area contributed by atoms with Crippen LogP contribution in [0.25, 0.3) is 16.9 Å². The number of aliphatic hydroxyl groups is 1. The van der Waals surface area contributed by atoms with Crippen LogP contribution >= 0.6 is 22.6 Å². The van der Waals surface area contributed by atoms with Crippen molar-refractivity contribution in [1.82, 2.24) is 9.38 Å². The highest BCUT2D eigenvalue weighted by Crippen LogP contribution is 2.33. The van der Waals surface area contributed by atoms with E-state index in [2.05, 4.69) is 27.6 Å². The quantitative estimate of drug-likeness (QED) is 0.419. The normalized spacial score (nSPS) is 11.0. The molecule has 0 saturated carbocycles. The molecule has 0 fully saturated rings. The summed E-state index contributed by atoms with van der Waals surface area (Å²) in [7, 11) is 1.63. The Morgan fingerprint density at radius 3 is 2.80 bits per heavy atom. The molecule has 25 heavy (non-hydrogen) atoms. The Morgan fingerprint density at radius 1 is 1.12 bits per heavy atom. The van der Waals surface area contributed by atoms with Crippen LogP contribution in [0.3, 0.4) is 0 Å². The fourth-order valence-corrected chi connectivity index (χ4v) is 2.93. The number of benzene rings is 1. The monoisotopic (exact) mass is 454 g/mol. The minimum absolute atomic E-state index is 0.0145. The first-order chi connectivity index (χ1) is 12.2. The van der Waals surface area contributed by atoms with Gasteiger partial charge in [0.1, 0.15) is 23.8 Å². The van der Waals surface area contributed by atoms with Crippen molar-refractivity contribution in [3.63, 3.8) is 0 Å². The summed E-state index contributed by atoms with van der Waals surface area (Å²) in [5.41, 5.74) is 2.64. The smallest absolute Gasteiger partial charge is 0.137 e. The molecule has 0 spiro atoms. The van der Waals surface area contributed by atoms with Gasteiger partial charge in [0.05, 0.1) is 32.6 Å². The average molecular weight is 454 g/mol. The maximum Gasteiger partial charge on any atom is 0.137 e. The lowest BCUT2D eigenvalue weighted by Gasteiger charge is -2.10. The van der Waals surface area contributed by atoms with Crippen LogP contribution < -0.4 is 9.47 Å². The zero-order chi connectivity index (χ0) is 17.6. The fraction of sp³-hybridized carbons (Fsp3) is 0.278. The summed E-state index contributed by atoms with van der Waals surface area (Å²) in [6, 6.07) is 9.68. The number of hydrogen-bond acceptors (Lipinski definition) is 5. The summed E-state index contributed by atoms with van der Waals surface area (Å²) in [4.78, 5) is 4.65. The van der Waals surface area contributed by atoms with E-state index in [9.17, 15) is 0 Å². The number of halogens is 1. The summed E-state index contributed by atoms with van der Waals surface area (Å²) in [5, 5.41) is 8.67. The second kappa shape index (κ2) is 8.50. The molecule has 0 aliphatic carbocycles. The number of ether oxygens (including phenoxy) is 3. The first-order valence-corrected chi connectivity index (χ1v) is 8.93. The van der Waals surface area contributed by atoms with Crippen LogP contribution in [0.1, 0.15) is 0 Å². The maximum atomic E-state index is 8.67. The van der Waals surface area contributed by atoms with Crippen molar-refractivity contribution in [2.75, 3.05) is 33.5 Å². The second-order valence-corrected chi connectivity index (χ2v) is 6.53. The van der Waals surface area contributed by atoms with E-state index in [1.54, 1.807) is 7.11 Å². The molecule has 0 aliphatic rings. The number of rotatable bonds is 8. The molecule has 1 aromatic carbocycles. The van der Waals surface area contributed by atoms with E-state index in [0.717, 1.165) is 20.5 Å². The molecule has 1 N–H and O–H groups in total. The highest BCUT2D eigenvalue weighted by atomic mass is 127. The highest BCUT2D eigenvalue weighted by Gasteiger charge is 2.11. The lowest BCUT2D eigenvalue weighted by molar-refractivity contribution is 0.0705. The van der Waals surface area contributed by atoms with Gasteiger partial charge in [-0.3, -0.25) is 0 Å². The third-order valence-corrected chi connectivity index (χ3v) is 4.23. The molecule has 0 aliphatic heterocycles. The van der Waals surface area contributed by atoms with E-state index in [1.807, 2.05) is 47.1 Å². The Bertz CT molecular complexity index is 850. The fourth-order valence-electron chi connectivity index (χ4n) is 2.45. The molecule has 7 heteroatoms. The van der Waals surface area contributed by atoms with E-state index in [0.29, 0.717) is 31.3 Å². The zero-order valence-corrected chi connectivity index (χ0v) is 16.0. The Balaban J connectivity index is 1.78. The molecular formula is C18H19IN2O4. The Hall–Kier alpha value is -1.84. The highest BCUT2D eigenvalue weighted by molar-refractivity contribution is 14.1. The SMILES string of the molecule is COc1cc(OCCOCCO)ccc1-c1cn2cc(I)ccc2n1. The predicted molar refractivity (Wildman–Crippen MR) is 103 cm³/mol. The Kier molecular flexibility index (Phi) is 6.11. The van der Waals surface area contributed by atoms with Gasteiger partial charge >= 0.3 is 0 Å². The van der Waals surface area contributed by atoms with Gasteiger partial charge in [0, 0.05) is 27.6 Å². The van der Waals surface area contributed by atoms with Crippen LogP contribution in [0, 0.1) is 3.57 Å². The number of aromatic nitrogens is 2. The molecule has 2 aromatic heterocycles. The topological polar surface area (TPSA) is 65.2 Å². The van der Waals surface area contributed by atoms with E-state index >= 15 is 0 Å². The summed E-state index contributed by atoms with van der Waals surface area (Å²) in [6.45, 7) is 1.17. The molecule has 3 rings (SSSR count). The number of pyridine rings is 1. The number of hydrogen-bond donors (Lipinski definition) is 1. The van der Waals surface area contributed by atoms with Gasteiger partial charge in [-0.15, -0.1) is 0 Å². The number of imidazole rings is 1. The average Bonchev–Trinajstić information content (AvgIpc) is 3.04. The summed E-state index contributed by atoms with van der Waals surface area (Å²) >= 11 is 2.28. The van der Waals surface area contributed by atoms with Crippen molar-refractivity contribution in [2.45, 2.75) is 0 Å². The zero-order valence-electron chi connectivity index (χ0n) is 13.8. The van der Waals surface area contributed by atoms with Crippen LogP contribution in [-0.2, 0) is 4.74 Å². The minimum Gasteiger partial charge on any atom is -0.496 e. The molecule has 0 atom stereocenters. The lowest BCUT2D eigenvalue weighted by atomic mass is 10.1. The molecule has 0 radical (unpaired) electrons. The molecule has 0 bridgehead atoms. The van der Waals surface area contributed by atoms with Crippen molar-refractivity contribution in [3.05, 3.63) is 46.3 Å². The van der Waals surface area contributed by atoms with E-state index in [-0.39, 0.29) is 6.61 Å². The summed E-state index contributed by atoms with van der Waals surface area (Å²) in [6.07, 6.45) is 4.02. The summed E-state index contributed by atoms with van der Waals surface area (Å²) in [5.74, 6) is 1.40. The molecular weight excluding hydrogens is 435 g/mol. The van der Waals surface area contributed by atoms with Crippen LogP contribution in [0.4, 0.5) is 0 Å². The molecule has 0 unspecified atom stereocenters. The number of aliphatic hydroxyl groups excluding tert-OH is 1. The van der Waals surface area contributed by atoms with Crippen LogP contribution in [0.5, 0.6) is 11.5 Å². The predicted octanol–water partition coefficient (Wildman–Crippen LogP) is 3.00. The van der Waals surface area contributed by atoms with E-state index < -0.39 is 0 Å². The van der Waals surface area contributed by atoms with Crippen LogP contribution in [-0.4, -0.2) is 48.0 Å². The van der Waals surface area contributed by atoms with Crippen molar-refractivity contribution in [3.8, 4) is 22.8 Å². The van der Waals surface area contributed by atoms with Crippen LogP contribution in [0.15, 0.2) is 42.7 Å². The van der Waals surface area contributed by atoms with Gasteiger partial charge in [0.2, 0.25) is 0 Å². The number of nitrogens with zero attached hydrogens (tertiary/aromatic N) is 2. The van der Waals surface area contributed by atoms with Crippen molar-refractivity contribution in [1.29, 1.82) is 0 Å². The molecule has 6 nitrogen and oxygen atoms in total. The molecule has 2 heterocycles. The minimum atomic E-state index is 0.0145. The largest absolute Gasteiger partial charge is 0.496 e.